The Morgan fingerprint density at radius 2 is 2.09 bits per heavy atom. The van der Waals surface area contributed by atoms with Crippen LogP contribution in [0.1, 0.15) is 43.0 Å². The van der Waals surface area contributed by atoms with Gasteiger partial charge in [-0.15, -0.1) is 0 Å². The molecule has 1 aliphatic rings. The van der Waals surface area contributed by atoms with E-state index in [0.29, 0.717) is 23.3 Å². The zero-order valence-corrected chi connectivity index (χ0v) is 13.7. The van der Waals surface area contributed by atoms with Crippen LogP contribution in [0, 0.1) is 6.92 Å². The first kappa shape index (κ1) is 15.8. The number of amides is 2. The Morgan fingerprint density at radius 1 is 1.35 bits per heavy atom. The zero-order chi connectivity index (χ0) is 16.3. The Morgan fingerprint density at radius 3 is 2.74 bits per heavy atom. The van der Waals surface area contributed by atoms with E-state index in [2.05, 4.69) is 20.8 Å². The van der Waals surface area contributed by atoms with Gasteiger partial charge in [0, 0.05) is 18.5 Å². The summed E-state index contributed by atoms with van der Waals surface area (Å²) < 4.78 is 5.08. The molecule has 3 rings (SSSR count). The van der Waals surface area contributed by atoms with E-state index in [0.717, 1.165) is 31.2 Å². The highest BCUT2D eigenvalue weighted by molar-refractivity contribution is 6.31. The molecule has 2 aromatic rings. The molecule has 0 radical (unpaired) electrons. The molecule has 23 heavy (non-hydrogen) atoms. The Balaban J connectivity index is 1.66. The van der Waals surface area contributed by atoms with Crippen LogP contribution in [0.4, 0.5) is 4.79 Å². The number of carbonyl (C=O) groups is 1. The second-order valence-corrected chi connectivity index (χ2v) is 6.23. The number of carbonyl (C=O) groups excluding carboxylic acids is 1. The third kappa shape index (κ3) is 3.47. The first-order chi connectivity index (χ1) is 11.1. The van der Waals surface area contributed by atoms with Gasteiger partial charge in [-0.2, -0.15) is 4.98 Å². The van der Waals surface area contributed by atoms with Crippen molar-refractivity contribution in [3.8, 4) is 0 Å². The van der Waals surface area contributed by atoms with Crippen molar-refractivity contribution in [1.29, 1.82) is 0 Å². The molecule has 1 aromatic heterocycles. The van der Waals surface area contributed by atoms with Crippen molar-refractivity contribution < 1.29 is 9.32 Å². The van der Waals surface area contributed by atoms with Crippen LogP contribution in [-0.4, -0.2) is 16.2 Å². The minimum atomic E-state index is -0.539. The van der Waals surface area contributed by atoms with Crippen LogP contribution in [0.25, 0.3) is 0 Å². The number of nitrogens with one attached hydrogen (secondary N) is 2. The summed E-state index contributed by atoms with van der Waals surface area (Å²) in [5, 5.41) is 10.5. The molecule has 122 valence electrons. The lowest BCUT2D eigenvalue weighted by atomic mass is 9.97. The normalized spacial score (nSPS) is 16.3. The smallest absolute Gasteiger partial charge is 0.315 e. The number of halogens is 1. The van der Waals surface area contributed by atoms with Gasteiger partial charge in [0.25, 0.3) is 0 Å². The molecule has 7 heteroatoms. The van der Waals surface area contributed by atoms with Crippen LogP contribution in [0.3, 0.4) is 0 Å². The molecular weight excluding hydrogens is 316 g/mol. The van der Waals surface area contributed by atoms with E-state index >= 15 is 0 Å². The maximum absolute atomic E-state index is 12.3. The van der Waals surface area contributed by atoms with E-state index in [4.69, 9.17) is 16.1 Å². The Kier molecular flexibility index (Phi) is 4.52. The number of aromatic nitrogens is 2. The second kappa shape index (κ2) is 6.58. The Hall–Kier alpha value is -2.08. The third-order valence-electron chi connectivity index (χ3n) is 4.16. The van der Waals surface area contributed by atoms with Gasteiger partial charge in [0.1, 0.15) is 5.54 Å². The lowest BCUT2D eigenvalue weighted by Gasteiger charge is -2.26. The lowest BCUT2D eigenvalue weighted by Crippen LogP contribution is -2.49. The number of urea groups is 1. The Bertz CT molecular complexity index is 695. The van der Waals surface area contributed by atoms with Crippen LogP contribution < -0.4 is 10.6 Å². The summed E-state index contributed by atoms with van der Waals surface area (Å²) in [6.07, 6.45) is 3.67. The van der Waals surface area contributed by atoms with E-state index in [9.17, 15) is 4.79 Å². The standard InChI is InChI=1S/C16H19ClN4O2/c1-11-19-14(21-23-11)16(8-4-5-9-16)20-15(22)18-10-12-6-2-3-7-13(12)17/h2-3,6-7H,4-5,8-10H2,1H3,(H2,18,20,22). The SMILES string of the molecule is Cc1nc(C2(NC(=O)NCc3ccccc3Cl)CCCC2)no1. The maximum Gasteiger partial charge on any atom is 0.315 e. The van der Waals surface area contributed by atoms with Gasteiger partial charge >= 0.3 is 6.03 Å². The highest BCUT2D eigenvalue weighted by Gasteiger charge is 2.41. The second-order valence-electron chi connectivity index (χ2n) is 5.83. The predicted octanol–water partition coefficient (Wildman–Crippen LogP) is 3.30. The Labute approximate surface area is 139 Å². The first-order valence-corrected chi connectivity index (χ1v) is 8.07. The minimum absolute atomic E-state index is 0.255. The van der Waals surface area contributed by atoms with Gasteiger partial charge in [0.2, 0.25) is 5.89 Å². The van der Waals surface area contributed by atoms with E-state index in [1.807, 2.05) is 18.2 Å². The maximum atomic E-state index is 12.3. The van der Waals surface area contributed by atoms with Crippen LogP contribution in [0.15, 0.2) is 28.8 Å². The summed E-state index contributed by atoms with van der Waals surface area (Å²) in [5.74, 6) is 1.06. The van der Waals surface area contributed by atoms with Crippen molar-refractivity contribution in [1.82, 2.24) is 20.8 Å². The molecule has 0 unspecified atom stereocenters. The average molecular weight is 335 g/mol. The molecule has 0 aliphatic heterocycles. The van der Waals surface area contributed by atoms with Gasteiger partial charge in [-0.25, -0.2) is 4.79 Å². The fourth-order valence-electron chi connectivity index (χ4n) is 2.96. The van der Waals surface area contributed by atoms with E-state index in [-0.39, 0.29) is 6.03 Å². The van der Waals surface area contributed by atoms with Crippen molar-refractivity contribution in [2.75, 3.05) is 0 Å². The molecule has 0 bridgehead atoms. The molecule has 1 heterocycles. The third-order valence-corrected chi connectivity index (χ3v) is 4.53. The van der Waals surface area contributed by atoms with Gasteiger partial charge in [-0.3, -0.25) is 0 Å². The topological polar surface area (TPSA) is 80.0 Å². The summed E-state index contributed by atoms with van der Waals surface area (Å²) in [6, 6.07) is 7.18. The molecule has 0 spiro atoms. The van der Waals surface area contributed by atoms with Crippen molar-refractivity contribution in [3.63, 3.8) is 0 Å². The molecule has 1 fully saturated rings. The molecule has 6 nitrogen and oxygen atoms in total. The predicted molar refractivity (Wildman–Crippen MR) is 86.0 cm³/mol. The molecule has 1 aromatic carbocycles. The van der Waals surface area contributed by atoms with E-state index in [1.165, 1.54) is 0 Å². The first-order valence-electron chi connectivity index (χ1n) is 7.69. The van der Waals surface area contributed by atoms with Gasteiger partial charge in [0.05, 0.1) is 0 Å². The molecule has 2 amide bonds. The highest BCUT2D eigenvalue weighted by atomic mass is 35.5. The number of hydrogen-bond acceptors (Lipinski definition) is 4. The summed E-state index contributed by atoms with van der Waals surface area (Å²) >= 11 is 6.10. The van der Waals surface area contributed by atoms with Crippen LogP contribution in [0.2, 0.25) is 5.02 Å². The van der Waals surface area contributed by atoms with Crippen molar-refractivity contribution in [3.05, 3.63) is 46.6 Å². The average Bonchev–Trinajstić information content (AvgIpc) is 3.16. The molecular formula is C16H19ClN4O2. The largest absolute Gasteiger partial charge is 0.340 e. The molecule has 0 atom stereocenters. The van der Waals surface area contributed by atoms with E-state index < -0.39 is 5.54 Å². The summed E-state index contributed by atoms with van der Waals surface area (Å²) in [4.78, 5) is 16.6. The summed E-state index contributed by atoms with van der Waals surface area (Å²) in [6.45, 7) is 2.11. The van der Waals surface area contributed by atoms with Gasteiger partial charge in [-0.05, 0) is 24.5 Å². The molecule has 1 aliphatic carbocycles. The fourth-order valence-corrected chi connectivity index (χ4v) is 3.16. The lowest BCUT2D eigenvalue weighted by molar-refractivity contribution is 0.220. The van der Waals surface area contributed by atoms with Crippen LogP contribution in [0.5, 0.6) is 0 Å². The number of hydrogen-bond donors (Lipinski definition) is 2. The highest BCUT2D eigenvalue weighted by Crippen LogP contribution is 2.37. The number of benzene rings is 1. The number of nitrogens with zero attached hydrogens (tertiary/aromatic N) is 2. The fraction of sp³-hybridized carbons (Fsp3) is 0.438. The summed E-state index contributed by atoms with van der Waals surface area (Å²) in [7, 11) is 0. The van der Waals surface area contributed by atoms with Crippen molar-refractivity contribution >= 4 is 17.6 Å². The molecule has 2 N–H and O–H groups in total. The van der Waals surface area contributed by atoms with Crippen LogP contribution in [-0.2, 0) is 12.1 Å². The number of aryl methyl sites for hydroxylation is 1. The van der Waals surface area contributed by atoms with Gasteiger partial charge < -0.3 is 15.2 Å². The van der Waals surface area contributed by atoms with Crippen molar-refractivity contribution in [2.24, 2.45) is 0 Å². The monoisotopic (exact) mass is 334 g/mol. The zero-order valence-electron chi connectivity index (χ0n) is 12.9. The van der Waals surface area contributed by atoms with Gasteiger partial charge in [-0.1, -0.05) is 47.8 Å². The number of rotatable bonds is 4. The molecule has 1 saturated carbocycles. The van der Waals surface area contributed by atoms with Crippen molar-refractivity contribution in [2.45, 2.75) is 44.7 Å². The van der Waals surface area contributed by atoms with E-state index in [1.54, 1.807) is 13.0 Å². The van der Waals surface area contributed by atoms with Gasteiger partial charge in [0.15, 0.2) is 5.82 Å². The molecule has 0 saturated heterocycles. The summed E-state index contributed by atoms with van der Waals surface area (Å²) in [5.41, 5.74) is 0.336. The minimum Gasteiger partial charge on any atom is -0.340 e. The quantitative estimate of drug-likeness (QED) is 0.899. The van der Waals surface area contributed by atoms with Crippen LogP contribution >= 0.6 is 11.6 Å².